The SMILES string of the molecule is CC[C@H](NC(=O)c1cc2c(ccc3ccccc32)o1)c1ccc(C)cc1C. The molecule has 136 valence electrons. The zero-order valence-electron chi connectivity index (χ0n) is 15.9. The molecule has 0 saturated heterocycles. The lowest BCUT2D eigenvalue weighted by molar-refractivity contribution is 0.0909. The second kappa shape index (κ2) is 6.92. The van der Waals surface area contributed by atoms with Gasteiger partial charge in [-0.2, -0.15) is 0 Å². The summed E-state index contributed by atoms with van der Waals surface area (Å²) in [5.74, 6) is 0.173. The molecule has 3 aromatic carbocycles. The predicted molar refractivity (Wildman–Crippen MR) is 110 cm³/mol. The van der Waals surface area contributed by atoms with E-state index < -0.39 is 0 Å². The number of carbonyl (C=O) groups is 1. The molecule has 0 spiro atoms. The fraction of sp³-hybridized carbons (Fsp3) is 0.208. The van der Waals surface area contributed by atoms with Gasteiger partial charge in [-0.25, -0.2) is 0 Å². The zero-order valence-corrected chi connectivity index (χ0v) is 15.9. The number of hydrogen-bond donors (Lipinski definition) is 1. The molecule has 0 saturated carbocycles. The van der Waals surface area contributed by atoms with E-state index in [-0.39, 0.29) is 11.9 Å². The van der Waals surface area contributed by atoms with E-state index in [0.29, 0.717) is 5.76 Å². The molecule has 0 unspecified atom stereocenters. The first-order valence-corrected chi connectivity index (χ1v) is 9.36. The summed E-state index contributed by atoms with van der Waals surface area (Å²) in [5, 5.41) is 6.34. The summed E-state index contributed by atoms with van der Waals surface area (Å²) in [6.07, 6.45) is 0.818. The van der Waals surface area contributed by atoms with E-state index in [0.717, 1.165) is 33.7 Å². The van der Waals surface area contributed by atoms with Gasteiger partial charge in [0.2, 0.25) is 0 Å². The normalized spacial score (nSPS) is 12.4. The van der Waals surface area contributed by atoms with Gasteiger partial charge in [0.25, 0.3) is 5.91 Å². The first-order chi connectivity index (χ1) is 13.1. The summed E-state index contributed by atoms with van der Waals surface area (Å²) >= 11 is 0. The van der Waals surface area contributed by atoms with Gasteiger partial charge >= 0.3 is 0 Å². The van der Waals surface area contributed by atoms with E-state index in [2.05, 4.69) is 56.4 Å². The Labute approximate surface area is 159 Å². The van der Waals surface area contributed by atoms with Crippen LogP contribution in [0.25, 0.3) is 21.7 Å². The van der Waals surface area contributed by atoms with Crippen LogP contribution >= 0.6 is 0 Å². The van der Waals surface area contributed by atoms with Crippen LogP contribution < -0.4 is 5.32 Å². The second-order valence-corrected chi connectivity index (χ2v) is 7.10. The first-order valence-electron chi connectivity index (χ1n) is 9.36. The molecular formula is C24H23NO2. The third-order valence-electron chi connectivity index (χ3n) is 5.16. The number of nitrogens with one attached hydrogen (secondary N) is 1. The molecule has 0 aliphatic heterocycles. The smallest absolute Gasteiger partial charge is 0.287 e. The van der Waals surface area contributed by atoms with Crippen molar-refractivity contribution >= 4 is 27.6 Å². The quantitative estimate of drug-likeness (QED) is 0.480. The topological polar surface area (TPSA) is 42.2 Å². The fourth-order valence-electron chi connectivity index (χ4n) is 3.75. The van der Waals surface area contributed by atoms with Crippen molar-refractivity contribution in [2.75, 3.05) is 0 Å². The van der Waals surface area contributed by atoms with Gasteiger partial charge in [-0.05, 0) is 54.3 Å². The van der Waals surface area contributed by atoms with Crippen LogP contribution in [-0.4, -0.2) is 5.91 Å². The lowest BCUT2D eigenvalue weighted by Gasteiger charge is -2.19. The lowest BCUT2D eigenvalue weighted by Crippen LogP contribution is -2.28. The Balaban J connectivity index is 1.66. The molecule has 4 aromatic rings. The predicted octanol–water partition coefficient (Wildman–Crippen LogP) is 6.08. The average molecular weight is 357 g/mol. The van der Waals surface area contributed by atoms with Crippen LogP contribution in [0.2, 0.25) is 0 Å². The van der Waals surface area contributed by atoms with Gasteiger partial charge in [-0.3, -0.25) is 4.79 Å². The van der Waals surface area contributed by atoms with Crippen molar-refractivity contribution in [1.29, 1.82) is 0 Å². The standard InChI is InChI=1S/C24H23NO2/c1-4-21(18-11-9-15(2)13-16(18)3)25-24(26)23-14-20-19-8-6-5-7-17(19)10-12-22(20)27-23/h5-14,21H,4H2,1-3H3,(H,25,26)/t21-/m0/s1. The number of amides is 1. The summed E-state index contributed by atoms with van der Waals surface area (Å²) < 4.78 is 5.86. The number of benzene rings is 3. The van der Waals surface area contributed by atoms with Crippen LogP contribution in [0.5, 0.6) is 0 Å². The summed E-state index contributed by atoms with van der Waals surface area (Å²) in [6.45, 7) is 6.25. The average Bonchev–Trinajstić information content (AvgIpc) is 3.11. The maximum atomic E-state index is 12.9. The molecule has 0 radical (unpaired) electrons. The Bertz CT molecular complexity index is 1140. The largest absolute Gasteiger partial charge is 0.451 e. The summed E-state index contributed by atoms with van der Waals surface area (Å²) in [7, 11) is 0. The van der Waals surface area contributed by atoms with E-state index >= 15 is 0 Å². The second-order valence-electron chi connectivity index (χ2n) is 7.10. The van der Waals surface area contributed by atoms with Crippen molar-refractivity contribution in [2.45, 2.75) is 33.2 Å². The number of hydrogen-bond acceptors (Lipinski definition) is 2. The van der Waals surface area contributed by atoms with Crippen molar-refractivity contribution < 1.29 is 9.21 Å². The molecule has 1 atom stereocenters. The van der Waals surface area contributed by atoms with Crippen molar-refractivity contribution in [2.24, 2.45) is 0 Å². The maximum absolute atomic E-state index is 12.9. The fourth-order valence-corrected chi connectivity index (χ4v) is 3.75. The van der Waals surface area contributed by atoms with Gasteiger partial charge in [-0.15, -0.1) is 0 Å². The summed E-state index contributed by atoms with van der Waals surface area (Å²) in [6, 6.07) is 20.2. The monoisotopic (exact) mass is 357 g/mol. The molecule has 0 bridgehead atoms. The number of furan rings is 1. The van der Waals surface area contributed by atoms with Crippen molar-refractivity contribution in [1.82, 2.24) is 5.32 Å². The van der Waals surface area contributed by atoms with Gasteiger partial charge in [-0.1, -0.05) is 61.0 Å². The van der Waals surface area contributed by atoms with Crippen LogP contribution in [0.1, 0.15) is 46.6 Å². The first kappa shape index (κ1) is 17.3. The molecule has 1 heterocycles. The van der Waals surface area contributed by atoms with E-state index in [9.17, 15) is 4.79 Å². The molecule has 3 heteroatoms. The van der Waals surface area contributed by atoms with E-state index in [1.165, 1.54) is 11.1 Å². The Kier molecular flexibility index (Phi) is 4.44. The highest BCUT2D eigenvalue weighted by molar-refractivity contribution is 6.08. The van der Waals surface area contributed by atoms with E-state index in [1.54, 1.807) is 0 Å². The molecule has 1 amide bonds. The number of fused-ring (bicyclic) bond motifs is 3. The molecule has 0 fully saturated rings. The van der Waals surface area contributed by atoms with Gasteiger partial charge in [0.15, 0.2) is 5.76 Å². The van der Waals surface area contributed by atoms with Crippen LogP contribution in [0, 0.1) is 13.8 Å². The lowest BCUT2D eigenvalue weighted by atomic mass is 9.97. The van der Waals surface area contributed by atoms with Crippen molar-refractivity contribution in [3.63, 3.8) is 0 Å². The zero-order chi connectivity index (χ0) is 19.0. The van der Waals surface area contributed by atoms with Crippen LogP contribution in [0.15, 0.2) is 65.1 Å². The highest BCUT2D eigenvalue weighted by atomic mass is 16.3. The molecule has 3 nitrogen and oxygen atoms in total. The Morgan fingerprint density at radius 2 is 1.81 bits per heavy atom. The van der Waals surface area contributed by atoms with E-state index in [1.807, 2.05) is 30.3 Å². The van der Waals surface area contributed by atoms with Gasteiger partial charge in [0, 0.05) is 5.39 Å². The van der Waals surface area contributed by atoms with E-state index in [4.69, 9.17) is 4.42 Å². The summed E-state index contributed by atoms with van der Waals surface area (Å²) in [4.78, 5) is 12.9. The molecule has 0 aliphatic rings. The molecule has 1 N–H and O–H groups in total. The number of aryl methyl sites for hydroxylation is 2. The molecule has 27 heavy (non-hydrogen) atoms. The molecule has 0 aliphatic carbocycles. The van der Waals surface area contributed by atoms with Gasteiger partial charge in [0.05, 0.1) is 6.04 Å². The Hall–Kier alpha value is -3.07. The van der Waals surface area contributed by atoms with Crippen LogP contribution in [0.3, 0.4) is 0 Å². The highest BCUT2D eigenvalue weighted by Gasteiger charge is 2.19. The van der Waals surface area contributed by atoms with Crippen molar-refractivity contribution in [3.05, 3.63) is 83.1 Å². The number of rotatable bonds is 4. The van der Waals surface area contributed by atoms with Crippen molar-refractivity contribution in [3.8, 4) is 0 Å². The molecule has 1 aromatic heterocycles. The van der Waals surface area contributed by atoms with Gasteiger partial charge in [0.1, 0.15) is 5.58 Å². The Morgan fingerprint density at radius 1 is 1.00 bits per heavy atom. The Morgan fingerprint density at radius 3 is 2.59 bits per heavy atom. The number of carbonyl (C=O) groups excluding carboxylic acids is 1. The van der Waals surface area contributed by atoms with Gasteiger partial charge < -0.3 is 9.73 Å². The highest BCUT2D eigenvalue weighted by Crippen LogP contribution is 2.29. The maximum Gasteiger partial charge on any atom is 0.287 e. The summed E-state index contributed by atoms with van der Waals surface area (Å²) in [5.41, 5.74) is 4.30. The minimum absolute atomic E-state index is 0.0388. The minimum atomic E-state index is -0.179. The molecular weight excluding hydrogens is 334 g/mol. The van der Waals surface area contributed by atoms with Crippen LogP contribution in [0.4, 0.5) is 0 Å². The molecule has 4 rings (SSSR count). The third kappa shape index (κ3) is 3.21. The minimum Gasteiger partial charge on any atom is -0.451 e. The third-order valence-corrected chi connectivity index (χ3v) is 5.16. The van der Waals surface area contributed by atoms with Crippen LogP contribution in [-0.2, 0) is 0 Å².